The Morgan fingerprint density at radius 1 is 1.03 bits per heavy atom. The summed E-state index contributed by atoms with van der Waals surface area (Å²) in [6.07, 6.45) is 3.87. The Kier molecular flexibility index (Phi) is 11.2. The van der Waals surface area contributed by atoms with Crippen molar-refractivity contribution < 1.29 is 9.84 Å². The second-order valence-electron chi connectivity index (χ2n) is 9.03. The van der Waals surface area contributed by atoms with Crippen molar-refractivity contribution in [1.29, 1.82) is 0 Å². The lowest BCUT2D eigenvalue weighted by atomic mass is 9.99. The number of ether oxygens (including phenoxy) is 1. The third-order valence-electron chi connectivity index (χ3n) is 6.45. The maximum Gasteiger partial charge on any atom is 0.138 e. The zero-order valence-electron chi connectivity index (χ0n) is 20.5. The highest BCUT2D eigenvalue weighted by molar-refractivity contribution is 9.10. The predicted molar refractivity (Wildman–Crippen MR) is 159 cm³/mol. The van der Waals surface area contributed by atoms with Crippen molar-refractivity contribution in [3.63, 3.8) is 0 Å². The van der Waals surface area contributed by atoms with Gasteiger partial charge in [-0.25, -0.2) is 4.98 Å². The smallest absolute Gasteiger partial charge is 0.138 e. The molecule has 1 atom stereocenters. The minimum Gasteiger partial charge on any atom is -0.491 e. The molecule has 5 rings (SSSR count). The van der Waals surface area contributed by atoms with Crippen LogP contribution < -0.4 is 10.1 Å². The third-order valence-corrected chi connectivity index (χ3v) is 6.88. The van der Waals surface area contributed by atoms with Crippen LogP contribution in [-0.2, 0) is 0 Å². The second-order valence-corrected chi connectivity index (χ2v) is 9.95. The molecular formula is C28H33BrCl2N4O2. The Balaban J connectivity index is 0.00000190. The van der Waals surface area contributed by atoms with E-state index in [1.807, 2.05) is 30.3 Å². The van der Waals surface area contributed by atoms with Gasteiger partial charge < -0.3 is 25.0 Å². The Bertz CT molecular complexity index is 1250. The quantitative estimate of drug-likeness (QED) is 0.195. The molecule has 0 radical (unpaired) electrons. The first kappa shape index (κ1) is 29.4. The summed E-state index contributed by atoms with van der Waals surface area (Å²) in [6, 6.07) is 20.4. The van der Waals surface area contributed by atoms with E-state index >= 15 is 0 Å². The molecule has 6 nitrogen and oxygen atoms in total. The van der Waals surface area contributed by atoms with Crippen molar-refractivity contribution in [2.75, 3.05) is 39.3 Å². The first-order chi connectivity index (χ1) is 17.2. The Morgan fingerprint density at radius 2 is 1.76 bits per heavy atom. The van der Waals surface area contributed by atoms with Crippen LogP contribution in [0.15, 0.2) is 71.3 Å². The number of rotatable bonds is 10. The molecule has 2 aromatic heterocycles. The van der Waals surface area contributed by atoms with Gasteiger partial charge in [-0.3, -0.25) is 0 Å². The largest absolute Gasteiger partial charge is 0.491 e. The number of pyridine rings is 1. The summed E-state index contributed by atoms with van der Waals surface area (Å²) in [5.74, 6) is 0.741. The highest BCUT2D eigenvalue weighted by atomic mass is 79.9. The molecular weight excluding hydrogens is 575 g/mol. The number of aromatic nitrogens is 2. The van der Waals surface area contributed by atoms with Crippen molar-refractivity contribution in [1.82, 2.24) is 20.2 Å². The van der Waals surface area contributed by atoms with E-state index in [9.17, 15) is 5.11 Å². The SMILES string of the molecule is Cl.Cl.OC(CNCCN1CCCC1)COc1ccc(-c2c(-c3ccccc3)[nH]c3ncc(Br)cc23)cc1. The number of nitrogens with zero attached hydrogens (tertiary/aromatic N) is 2. The van der Waals surface area contributed by atoms with Crippen LogP contribution in [0.4, 0.5) is 0 Å². The Morgan fingerprint density at radius 3 is 2.49 bits per heavy atom. The first-order valence-corrected chi connectivity index (χ1v) is 13.0. The Labute approximate surface area is 238 Å². The normalized spacial score (nSPS) is 14.2. The lowest BCUT2D eigenvalue weighted by Gasteiger charge is -2.17. The van der Waals surface area contributed by atoms with E-state index in [0.29, 0.717) is 6.54 Å². The molecule has 0 saturated carbocycles. The molecule has 1 saturated heterocycles. The molecule has 3 heterocycles. The van der Waals surface area contributed by atoms with Crippen LogP contribution in [0, 0.1) is 0 Å². The van der Waals surface area contributed by atoms with E-state index in [0.717, 1.165) is 56.7 Å². The third kappa shape index (κ3) is 7.47. The van der Waals surface area contributed by atoms with Crippen LogP contribution in [0.25, 0.3) is 33.4 Å². The monoisotopic (exact) mass is 606 g/mol. The van der Waals surface area contributed by atoms with E-state index in [4.69, 9.17) is 4.74 Å². The van der Waals surface area contributed by atoms with Gasteiger partial charge in [-0.1, -0.05) is 42.5 Å². The molecule has 1 aliphatic heterocycles. The summed E-state index contributed by atoms with van der Waals surface area (Å²) >= 11 is 3.56. The van der Waals surface area contributed by atoms with Crippen molar-refractivity contribution in [2.24, 2.45) is 0 Å². The molecule has 37 heavy (non-hydrogen) atoms. The number of likely N-dealkylation sites (tertiary alicyclic amines) is 1. The van der Waals surface area contributed by atoms with E-state index in [2.05, 4.69) is 66.4 Å². The van der Waals surface area contributed by atoms with Gasteiger partial charge in [-0.05, 0) is 71.2 Å². The number of H-pyrrole nitrogens is 1. The van der Waals surface area contributed by atoms with Gasteiger partial charge in [0.2, 0.25) is 0 Å². The molecule has 2 aromatic carbocycles. The van der Waals surface area contributed by atoms with Gasteiger partial charge in [0.05, 0.1) is 5.69 Å². The standard InChI is InChI=1S/C28H31BrN4O2.2ClH/c29-22-16-25-26(27(32-28(25)31-17-22)21-6-2-1-3-7-21)20-8-10-24(11-9-20)35-19-23(34)18-30-12-15-33-13-4-5-14-33;;/h1-3,6-11,16-17,23,30,34H,4-5,12-15,18-19H2,(H,31,32);2*1H. The van der Waals surface area contributed by atoms with Crippen LogP contribution >= 0.6 is 40.7 Å². The number of hydrogen-bond donors (Lipinski definition) is 3. The summed E-state index contributed by atoms with van der Waals surface area (Å²) in [5, 5.41) is 14.7. The number of fused-ring (bicyclic) bond motifs is 1. The van der Waals surface area contributed by atoms with Crippen LogP contribution in [-0.4, -0.2) is 65.4 Å². The maximum atomic E-state index is 10.3. The molecule has 1 aliphatic rings. The van der Waals surface area contributed by atoms with E-state index in [1.54, 1.807) is 6.20 Å². The zero-order chi connectivity index (χ0) is 24.0. The van der Waals surface area contributed by atoms with Crippen molar-refractivity contribution in [2.45, 2.75) is 18.9 Å². The van der Waals surface area contributed by atoms with Crippen LogP contribution in [0.1, 0.15) is 12.8 Å². The van der Waals surface area contributed by atoms with Crippen LogP contribution in [0.3, 0.4) is 0 Å². The fourth-order valence-electron chi connectivity index (χ4n) is 4.65. The van der Waals surface area contributed by atoms with Crippen LogP contribution in [0.2, 0.25) is 0 Å². The fraction of sp³-hybridized carbons (Fsp3) is 0.321. The summed E-state index contributed by atoms with van der Waals surface area (Å²) < 4.78 is 6.80. The van der Waals surface area contributed by atoms with E-state index < -0.39 is 6.10 Å². The van der Waals surface area contributed by atoms with Crippen molar-refractivity contribution >= 4 is 51.8 Å². The molecule has 0 amide bonds. The van der Waals surface area contributed by atoms with Gasteiger partial charge in [0.15, 0.2) is 0 Å². The molecule has 9 heteroatoms. The van der Waals surface area contributed by atoms with Gasteiger partial charge in [0.25, 0.3) is 0 Å². The predicted octanol–water partition coefficient (Wildman–Crippen LogP) is 5.93. The molecule has 1 fully saturated rings. The summed E-state index contributed by atoms with van der Waals surface area (Å²) in [6.45, 7) is 5.12. The van der Waals surface area contributed by atoms with Gasteiger partial charge in [-0.15, -0.1) is 24.8 Å². The number of aliphatic hydroxyl groups excluding tert-OH is 1. The maximum absolute atomic E-state index is 10.3. The number of nitrogens with one attached hydrogen (secondary N) is 2. The number of benzene rings is 2. The summed E-state index contributed by atoms with van der Waals surface area (Å²) in [5.41, 5.74) is 5.18. The van der Waals surface area contributed by atoms with E-state index in [1.165, 1.54) is 25.9 Å². The van der Waals surface area contributed by atoms with Gasteiger partial charge >= 0.3 is 0 Å². The molecule has 0 aliphatic carbocycles. The number of aromatic amines is 1. The molecule has 1 unspecified atom stereocenters. The van der Waals surface area contributed by atoms with Gasteiger partial charge in [-0.2, -0.15) is 0 Å². The van der Waals surface area contributed by atoms with Crippen molar-refractivity contribution in [3.8, 4) is 28.1 Å². The van der Waals surface area contributed by atoms with Gasteiger partial charge in [0.1, 0.15) is 24.1 Å². The first-order valence-electron chi connectivity index (χ1n) is 12.2. The Hall–Kier alpha value is -2.13. The summed E-state index contributed by atoms with van der Waals surface area (Å²) in [4.78, 5) is 10.5. The number of hydrogen-bond acceptors (Lipinski definition) is 5. The highest BCUT2D eigenvalue weighted by Gasteiger charge is 2.17. The van der Waals surface area contributed by atoms with Crippen molar-refractivity contribution in [3.05, 3.63) is 71.3 Å². The molecule has 0 spiro atoms. The highest BCUT2D eigenvalue weighted by Crippen LogP contribution is 2.39. The number of halogens is 3. The van der Waals surface area contributed by atoms with E-state index in [-0.39, 0.29) is 31.4 Å². The van der Waals surface area contributed by atoms with Crippen LogP contribution in [0.5, 0.6) is 5.75 Å². The lowest BCUT2D eigenvalue weighted by molar-refractivity contribution is 0.106. The average molecular weight is 608 g/mol. The average Bonchev–Trinajstić information content (AvgIpc) is 3.54. The molecule has 3 N–H and O–H groups in total. The molecule has 4 aromatic rings. The number of aliphatic hydroxyl groups is 1. The van der Waals surface area contributed by atoms with Gasteiger partial charge in [0, 0.05) is 41.3 Å². The minimum absolute atomic E-state index is 0. The summed E-state index contributed by atoms with van der Waals surface area (Å²) in [7, 11) is 0. The molecule has 198 valence electrons. The second kappa shape index (κ2) is 14.1. The minimum atomic E-state index is -0.546. The fourth-order valence-corrected chi connectivity index (χ4v) is 4.98. The topological polar surface area (TPSA) is 73.4 Å². The lowest BCUT2D eigenvalue weighted by Crippen LogP contribution is -2.36. The molecule has 0 bridgehead atoms. The zero-order valence-corrected chi connectivity index (χ0v) is 23.7.